The highest BCUT2D eigenvalue weighted by Gasteiger charge is 2.35. The van der Waals surface area contributed by atoms with Gasteiger partial charge < -0.3 is 0 Å². The Labute approximate surface area is 157 Å². The summed E-state index contributed by atoms with van der Waals surface area (Å²) < 4.78 is 1.75. The van der Waals surface area contributed by atoms with E-state index < -0.39 is 0 Å². The minimum absolute atomic E-state index is 0.00313. The topological polar surface area (TPSA) is 34.9 Å². The van der Waals surface area contributed by atoms with Crippen molar-refractivity contribution in [2.24, 2.45) is 11.8 Å². The predicted octanol–water partition coefficient (Wildman–Crippen LogP) is 6.26. The fraction of sp³-hybridized carbons (Fsp3) is 0.565. The summed E-state index contributed by atoms with van der Waals surface area (Å²) in [7, 11) is 0. The molecule has 0 saturated heterocycles. The van der Waals surface area contributed by atoms with Crippen molar-refractivity contribution in [1.82, 2.24) is 9.78 Å². The van der Waals surface area contributed by atoms with Crippen molar-refractivity contribution in [3.05, 3.63) is 41.6 Å². The molecule has 0 radical (unpaired) electrons. The molecular formula is C23H32N2O. The molecule has 1 aliphatic carbocycles. The van der Waals surface area contributed by atoms with Gasteiger partial charge in [0, 0.05) is 23.0 Å². The smallest absolute Gasteiger partial charge is 0.250 e. The highest BCUT2D eigenvalue weighted by atomic mass is 16.2. The maximum absolute atomic E-state index is 13.2. The van der Waals surface area contributed by atoms with E-state index >= 15 is 0 Å². The van der Waals surface area contributed by atoms with Crippen molar-refractivity contribution >= 4 is 5.91 Å². The van der Waals surface area contributed by atoms with Crippen LogP contribution in [0.4, 0.5) is 0 Å². The molecule has 0 N–H and O–H groups in total. The second-order valence-electron chi connectivity index (χ2n) is 8.28. The largest absolute Gasteiger partial charge is 0.272 e. The first kappa shape index (κ1) is 18.9. The van der Waals surface area contributed by atoms with Crippen LogP contribution < -0.4 is 0 Å². The van der Waals surface area contributed by atoms with Crippen molar-refractivity contribution in [3.8, 4) is 11.3 Å². The molecule has 0 bridgehead atoms. The first-order chi connectivity index (χ1) is 12.5. The summed E-state index contributed by atoms with van der Waals surface area (Å²) in [6.45, 7) is 11.0. The van der Waals surface area contributed by atoms with E-state index in [9.17, 15) is 4.79 Å². The Bertz CT molecular complexity index is 760. The van der Waals surface area contributed by atoms with E-state index in [0.717, 1.165) is 36.2 Å². The molecular weight excluding hydrogens is 320 g/mol. The van der Waals surface area contributed by atoms with Gasteiger partial charge in [0.05, 0.1) is 11.4 Å². The van der Waals surface area contributed by atoms with Gasteiger partial charge in [-0.3, -0.25) is 4.79 Å². The highest BCUT2D eigenvalue weighted by molar-refractivity contribution is 5.86. The number of hydrogen-bond acceptors (Lipinski definition) is 2. The minimum Gasteiger partial charge on any atom is -0.272 e. The van der Waals surface area contributed by atoms with Crippen LogP contribution in [0.1, 0.15) is 88.2 Å². The number of hydrogen-bond donors (Lipinski definition) is 0. The third-order valence-corrected chi connectivity index (χ3v) is 5.91. The molecule has 0 spiro atoms. The van der Waals surface area contributed by atoms with E-state index in [0.29, 0.717) is 17.8 Å². The SMILES string of the molecule is CCC[C@@H](C)C(=O)n1nc2c(c1-c1ccccc1)[C@H](C)CC[C@H]2C(C)C. The van der Waals surface area contributed by atoms with Crippen LogP contribution in [-0.4, -0.2) is 15.7 Å². The van der Waals surface area contributed by atoms with Crippen LogP contribution in [0, 0.1) is 11.8 Å². The second kappa shape index (κ2) is 7.77. The Kier molecular flexibility index (Phi) is 5.64. The highest BCUT2D eigenvalue weighted by Crippen LogP contribution is 2.46. The molecule has 0 fully saturated rings. The zero-order valence-corrected chi connectivity index (χ0v) is 16.8. The van der Waals surface area contributed by atoms with Crippen LogP contribution in [0.5, 0.6) is 0 Å². The summed E-state index contributed by atoms with van der Waals surface area (Å²) in [5.74, 6) is 1.56. The molecule has 3 rings (SSSR count). The van der Waals surface area contributed by atoms with Crippen LogP contribution in [0.2, 0.25) is 0 Å². The van der Waals surface area contributed by atoms with Crippen molar-refractivity contribution in [1.29, 1.82) is 0 Å². The van der Waals surface area contributed by atoms with Crippen LogP contribution in [0.15, 0.2) is 30.3 Å². The van der Waals surface area contributed by atoms with E-state index in [1.165, 1.54) is 12.0 Å². The molecule has 0 aliphatic heterocycles. The van der Waals surface area contributed by atoms with Gasteiger partial charge in [0.25, 0.3) is 0 Å². The normalized spacial score (nSPS) is 20.8. The number of rotatable bonds is 5. The van der Waals surface area contributed by atoms with E-state index in [-0.39, 0.29) is 11.8 Å². The fourth-order valence-electron chi connectivity index (χ4n) is 4.36. The predicted molar refractivity (Wildman–Crippen MR) is 108 cm³/mol. The third-order valence-electron chi connectivity index (χ3n) is 5.91. The van der Waals surface area contributed by atoms with Gasteiger partial charge in [-0.05, 0) is 31.1 Å². The lowest BCUT2D eigenvalue weighted by Crippen LogP contribution is -2.22. The molecule has 0 amide bonds. The monoisotopic (exact) mass is 352 g/mol. The lowest BCUT2D eigenvalue weighted by Gasteiger charge is -2.28. The molecule has 1 aromatic heterocycles. The van der Waals surface area contributed by atoms with Crippen LogP contribution >= 0.6 is 0 Å². The van der Waals surface area contributed by atoms with Gasteiger partial charge in [0.15, 0.2) is 0 Å². The Morgan fingerprint density at radius 1 is 1.19 bits per heavy atom. The van der Waals surface area contributed by atoms with Gasteiger partial charge in [0.1, 0.15) is 0 Å². The molecule has 3 nitrogen and oxygen atoms in total. The number of benzene rings is 1. The van der Waals surface area contributed by atoms with Gasteiger partial charge in [-0.15, -0.1) is 0 Å². The van der Waals surface area contributed by atoms with Crippen molar-refractivity contribution in [3.63, 3.8) is 0 Å². The van der Waals surface area contributed by atoms with Gasteiger partial charge in [-0.1, -0.05) is 71.4 Å². The van der Waals surface area contributed by atoms with Crippen LogP contribution in [-0.2, 0) is 0 Å². The molecule has 3 heteroatoms. The van der Waals surface area contributed by atoms with Crippen molar-refractivity contribution < 1.29 is 4.79 Å². The van der Waals surface area contributed by atoms with Crippen LogP contribution in [0.3, 0.4) is 0 Å². The standard InChI is InChI=1S/C23H32N2O/c1-6-10-17(5)23(26)25-22(18-11-8-7-9-12-18)20-16(4)13-14-19(15(2)3)21(20)24-25/h7-9,11-12,15-17,19H,6,10,13-14H2,1-5H3/t16-,17-,19+/m1/s1. The lowest BCUT2D eigenvalue weighted by atomic mass is 9.75. The summed E-state index contributed by atoms with van der Waals surface area (Å²) >= 11 is 0. The maximum atomic E-state index is 13.2. The van der Waals surface area contributed by atoms with Gasteiger partial charge in [-0.25, -0.2) is 0 Å². The van der Waals surface area contributed by atoms with E-state index in [2.05, 4.69) is 39.8 Å². The average molecular weight is 353 g/mol. The quantitative estimate of drug-likeness (QED) is 0.636. The average Bonchev–Trinajstić information content (AvgIpc) is 3.03. The number of aromatic nitrogens is 2. The molecule has 0 unspecified atom stereocenters. The van der Waals surface area contributed by atoms with E-state index in [1.54, 1.807) is 4.68 Å². The molecule has 26 heavy (non-hydrogen) atoms. The molecule has 0 saturated carbocycles. The van der Waals surface area contributed by atoms with Gasteiger partial charge in [-0.2, -0.15) is 9.78 Å². The maximum Gasteiger partial charge on any atom is 0.250 e. The second-order valence-corrected chi connectivity index (χ2v) is 8.28. The van der Waals surface area contributed by atoms with Crippen LogP contribution in [0.25, 0.3) is 11.3 Å². The summed E-state index contributed by atoms with van der Waals surface area (Å²) in [6, 6.07) is 10.3. The third kappa shape index (κ3) is 3.36. The molecule has 1 aliphatic rings. The minimum atomic E-state index is -0.00313. The van der Waals surface area contributed by atoms with Gasteiger partial charge >= 0.3 is 0 Å². The summed E-state index contributed by atoms with van der Waals surface area (Å²) in [4.78, 5) is 13.2. The number of nitrogens with zero attached hydrogens (tertiary/aromatic N) is 2. The Balaban J connectivity index is 2.21. The number of carbonyl (C=O) groups excluding carboxylic acids is 1. The number of carbonyl (C=O) groups is 1. The lowest BCUT2D eigenvalue weighted by molar-refractivity contribution is 0.0822. The molecule has 1 heterocycles. The summed E-state index contributed by atoms with van der Waals surface area (Å²) in [6.07, 6.45) is 4.25. The Morgan fingerprint density at radius 3 is 2.50 bits per heavy atom. The first-order valence-corrected chi connectivity index (χ1v) is 10.2. The fourth-order valence-corrected chi connectivity index (χ4v) is 4.36. The zero-order chi connectivity index (χ0) is 18.8. The summed E-state index contributed by atoms with van der Waals surface area (Å²) in [5, 5.41) is 4.95. The van der Waals surface area contributed by atoms with E-state index in [4.69, 9.17) is 5.10 Å². The molecule has 140 valence electrons. The molecule has 3 atom stereocenters. The summed E-state index contributed by atoms with van der Waals surface area (Å²) in [5.41, 5.74) is 4.61. The zero-order valence-electron chi connectivity index (χ0n) is 16.8. The number of fused-ring (bicyclic) bond motifs is 1. The Hall–Kier alpha value is -1.90. The molecule has 2 aromatic rings. The van der Waals surface area contributed by atoms with E-state index in [1.807, 2.05) is 25.1 Å². The van der Waals surface area contributed by atoms with Crippen molar-refractivity contribution in [2.75, 3.05) is 0 Å². The van der Waals surface area contributed by atoms with Crippen molar-refractivity contribution in [2.45, 2.75) is 72.1 Å². The Morgan fingerprint density at radius 2 is 1.88 bits per heavy atom. The van der Waals surface area contributed by atoms with Gasteiger partial charge in [0.2, 0.25) is 5.91 Å². The first-order valence-electron chi connectivity index (χ1n) is 10.2. The molecule has 1 aromatic carbocycles.